The zero-order valence-corrected chi connectivity index (χ0v) is 14.1. The van der Waals surface area contributed by atoms with Gasteiger partial charge in [0.2, 0.25) is 10.0 Å². The number of hydrogen-bond donors (Lipinski definition) is 2. The summed E-state index contributed by atoms with van der Waals surface area (Å²) in [5, 5.41) is 1.01. The summed E-state index contributed by atoms with van der Waals surface area (Å²) >= 11 is 6.03. The van der Waals surface area contributed by atoms with Crippen LogP contribution in [0.25, 0.3) is 16.6 Å². The summed E-state index contributed by atoms with van der Waals surface area (Å²) in [6.45, 7) is 0. The largest absolute Gasteiger partial charge is 0.383 e. The Bertz CT molecular complexity index is 1110. The minimum atomic E-state index is -3.44. The molecule has 0 fully saturated rings. The summed E-state index contributed by atoms with van der Waals surface area (Å²) in [7, 11) is -3.44. The summed E-state index contributed by atoms with van der Waals surface area (Å²) in [6, 6.07) is 11.3. The van der Waals surface area contributed by atoms with E-state index in [2.05, 4.69) is 9.71 Å². The van der Waals surface area contributed by atoms with Crippen molar-refractivity contribution >= 4 is 44.0 Å². The lowest BCUT2D eigenvalue weighted by atomic mass is 10.2. The number of aromatic nitrogens is 2. The van der Waals surface area contributed by atoms with E-state index in [4.69, 9.17) is 17.3 Å². The first-order valence-electron chi connectivity index (χ1n) is 6.80. The predicted molar refractivity (Wildman–Crippen MR) is 95.2 cm³/mol. The highest BCUT2D eigenvalue weighted by atomic mass is 35.5. The summed E-state index contributed by atoms with van der Waals surface area (Å²) in [4.78, 5) is 16.2. The molecule has 3 aromatic rings. The van der Waals surface area contributed by atoms with Crippen LogP contribution in [0, 0.1) is 0 Å². The highest BCUT2D eigenvalue weighted by Gasteiger charge is 2.12. The molecule has 1 aromatic heterocycles. The van der Waals surface area contributed by atoms with Gasteiger partial charge in [0.25, 0.3) is 0 Å². The first-order chi connectivity index (χ1) is 11.2. The molecule has 124 valence electrons. The Hall–Kier alpha value is -2.58. The SMILES string of the molecule is CS(=O)(=O)Nc1cccc(-n2c(=O)nc(N)c3ccc(Cl)cc32)c1. The van der Waals surface area contributed by atoms with E-state index in [0.717, 1.165) is 6.26 Å². The number of rotatable bonds is 3. The van der Waals surface area contributed by atoms with Gasteiger partial charge in [-0.1, -0.05) is 17.7 Å². The number of nitrogens with zero attached hydrogens (tertiary/aromatic N) is 2. The fourth-order valence-corrected chi connectivity index (χ4v) is 3.12. The summed E-state index contributed by atoms with van der Waals surface area (Å²) in [5.41, 5.74) is 6.47. The Labute approximate surface area is 142 Å². The van der Waals surface area contributed by atoms with Crippen LogP contribution in [0.5, 0.6) is 0 Å². The second-order valence-electron chi connectivity index (χ2n) is 5.20. The number of fused-ring (bicyclic) bond motifs is 1. The summed E-state index contributed by atoms with van der Waals surface area (Å²) in [6.07, 6.45) is 1.05. The van der Waals surface area contributed by atoms with Crippen LogP contribution in [0.2, 0.25) is 5.02 Å². The van der Waals surface area contributed by atoms with Crippen molar-refractivity contribution in [1.82, 2.24) is 9.55 Å². The Kier molecular flexibility index (Phi) is 3.94. The number of nitrogens with two attached hydrogens (primary N) is 1. The van der Waals surface area contributed by atoms with Crippen molar-refractivity contribution in [1.29, 1.82) is 0 Å². The second-order valence-corrected chi connectivity index (χ2v) is 7.39. The maximum atomic E-state index is 12.4. The molecule has 0 radical (unpaired) electrons. The lowest BCUT2D eigenvalue weighted by Crippen LogP contribution is -2.23. The van der Waals surface area contributed by atoms with Crippen molar-refractivity contribution in [2.75, 3.05) is 16.7 Å². The molecular formula is C15H13ClN4O3S. The first kappa shape index (κ1) is 16.3. The lowest BCUT2D eigenvalue weighted by Gasteiger charge is -2.12. The Morgan fingerprint density at radius 3 is 2.67 bits per heavy atom. The molecule has 7 nitrogen and oxygen atoms in total. The molecule has 9 heteroatoms. The van der Waals surface area contributed by atoms with Crippen LogP contribution in [0.4, 0.5) is 11.5 Å². The van der Waals surface area contributed by atoms with Gasteiger partial charge in [-0.25, -0.2) is 13.2 Å². The third kappa shape index (κ3) is 3.19. The van der Waals surface area contributed by atoms with E-state index >= 15 is 0 Å². The molecule has 0 aliphatic rings. The van der Waals surface area contributed by atoms with Crippen molar-refractivity contribution in [3.05, 3.63) is 58.0 Å². The van der Waals surface area contributed by atoms with Gasteiger partial charge in [-0.05, 0) is 36.4 Å². The molecule has 0 amide bonds. The standard InChI is InChI=1S/C15H13ClN4O3S/c1-24(22,23)19-10-3-2-4-11(8-10)20-13-7-9(16)5-6-12(13)14(17)18-15(20)21/h2-8,19H,1H3,(H2,17,18,21). The van der Waals surface area contributed by atoms with Crippen LogP contribution in [-0.2, 0) is 10.0 Å². The number of anilines is 2. The van der Waals surface area contributed by atoms with Gasteiger partial charge >= 0.3 is 5.69 Å². The zero-order valence-electron chi connectivity index (χ0n) is 12.5. The third-order valence-corrected chi connectivity index (χ3v) is 4.13. The number of nitrogens with one attached hydrogen (secondary N) is 1. The monoisotopic (exact) mass is 364 g/mol. The number of nitrogen functional groups attached to an aromatic ring is 1. The van der Waals surface area contributed by atoms with Crippen LogP contribution in [0.15, 0.2) is 47.3 Å². The number of halogens is 1. The van der Waals surface area contributed by atoms with E-state index in [1.165, 1.54) is 10.6 Å². The Morgan fingerprint density at radius 2 is 1.96 bits per heavy atom. The molecular weight excluding hydrogens is 352 g/mol. The Balaban J connectivity index is 2.29. The molecule has 0 aliphatic heterocycles. The van der Waals surface area contributed by atoms with Crippen LogP contribution in [0.1, 0.15) is 0 Å². The molecule has 0 saturated carbocycles. The molecule has 0 spiro atoms. The van der Waals surface area contributed by atoms with Gasteiger partial charge in [-0.15, -0.1) is 0 Å². The molecule has 0 atom stereocenters. The topological polar surface area (TPSA) is 107 Å². The van der Waals surface area contributed by atoms with Crippen LogP contribution in [0.3, 0.4) is 0 Å². The van der Waals surface area contributed by atoms with E-state index in [9.17, 15) is 13.2 Å². The predicted octanol–water partition coefficient (Wildman–Crippen LogP) is 1.99. The minimum absolute atomic E-state index is 0.105. The van der Waals surface area contributed by atoms with Crippen molar-refractivity contribution in [2.24, 2.45) is 0 Å². The minimum Gasteiger partial charge on any atom is -0.383 e. The van der Waals surface area contributed by atoms with Crippen molar-refractivity contribution in [3.8, 4) is 5.69 Å². The fourth-order valence-electron chi connectivity index (χ4n) is 2.39. The van der Waals surface area contributed by atoms with Crippen molar-refractivity contribution in [2.45, 2.75) is 0 Å². The first-order valence-corrected chi connectivity index (χ1v) is 9.07. The molecule has 0 bridgehead atoms. The van der Waals surface area contributed by atoms with Crippen molar-refractivity contribution in [3.63, 3.8) is 0 Å². The zero-order chi connectivity index (χ0) is 17.5. The Morgan fingerprint density at radius 1 is 1.21 bits per heavy atom. The molecule has 0 aliphatic carbocycles. The number of benzene rings is 2. The fraction of sp³-hybridized carbons (Fsp3) is 0.0667. The van der Waals surface area contributed by atoms with E-state index in [-0.39, 0.29) is 5.82 Å². The average molecular weight is 365 g/mol. The van der Waals surface area contributed by atoms with Crippen LogP contribution >= 0.6 is 11.6 Å². The molecule has 0 saturated heterocycles. The highest BCUT2D eigenvalue weighted by molar-refractivity contribution is 7.92. The smallest absolute Gasteiger partial charge is 0.354 e. The maximum absolute atomic E-state index is 12.4. The van der Waals surface area contributed by atoms with Gasteiger partial charge in [-0.3, -0.25) is 9.29 Å². The number of sulfonamides is 1. The van der Waals surface area contributed by atoms with Gasteiger partial charge < -0.3 is 5.73 Å². The van der Waals surface area contributed by atoms with Gasteiger partial charge in [0.15, 0.2) is 0 Å². The lowest BCUT2D eigenvalue weighted by molar-refractivity contribution is 0.607. The normalized spacial score (nSPS) is 11.6. The maximum Gasteiger partial charge on any atom is 0.354 e. The molecule has 3 rings (SSSR count). The summed E-state index contributed by atoms with van der Waals surface area (Å²) in [5.74, 6) is 0.105. The van der Waals surface area contributed by atoms with E-state index < -0.39 is 15.7 Å². The van der Waals surface area contributed by atoms with E-state index in [1.54, 1.807) is 36.4 Å². The van der Waals surface area contributed by atoms with E-state index in [1.807, 2.05) is 0 Å². The van der Waals surface area contributed by atoms with Crippen LogP contribution in [-0.4, -0.2) is 24.2 Å². The molecule has 2 aromatic carbocycles. The van der Waals surface area contributed by atoms with Gasteiger partial charge in [0, 0.05) is 10.4 Å². The average Bonchev–Trinajstić information content (AvgIpc) is 2.45. The van der Waals surface area contributed by atoms with Crippen molar-refractivity contribution < 1.29 is 8.42 Å². The quantitative estimate of drug-likeness (QED) is 0.739. The molecule has 1 heterocycles. The van der Waals surface area contributed by atoms with Crippen LogP contribution < -0.4 is 16.1 Å². The van der Waals surface area contributed by atoms with Gasteiger partial charge in [-0.2, -0.15) is 4.98 Å². The van der Waals surface area contributed by atoms with Gasteiger partial charge in [0.05, 0.1) is 23.1 Å². The number of hydrogen-bond acceptors (Lipinski definition) is 5. The van der Waals surface area contributed by atoms with Gasteiger partial charge in [0.1, 0.15) is 5.82 Å². The molecule has 24 heavy (non-hydrogen) atoms. The molecule has 0 unspecified atom stereocenters. The summed E-state index contributed by atoms with van der Waals surface area (Å²) < 4.78 is 26.5. The molecule has 3 N–H and O–H groups in total. The second kappa shape index (κ2) is 5.81. The highest BCUT2D eigenvalue weighted by Crippen LogP contribution is 2.24. The van der Waals surface area contributed by atoms with E-state index in [0.29, 0.717) is 27.3 Å². The third-order valence-electron chi connectivity index (χ3n) is 3.29.